The first-order valence-electron chi connectivity index (χ1n) is 8.59. The van der Waals surface area contributed by atoms with Crippen LogP contribution in [0, 0.1) is 0 Å². The molecule has 2 fully saturated rings. The number of hydrogen-bond acceptors (Lipinski definition) is 6. The van der Waals surface area contributed by atoms with Crippen LogP contribution in [0.25, 0.3) is 0 Å². The predicted octanol–water partition coefficient (Wildman–Crippen LogP) is 1.30. The maximum absolute atomic E-state index is 13.1. The van der Waals surface area contributed by atoms with Gasteiger partial charge in [-0.3, -0.25) is 9.59 Å². The summed E-state index contributed by atoms with van der Waals surface area (Å²) >= 11 is 2.52. The molecule has 0 aromatic heterocycles. The number of aromatic hydroxyl groups is 1. The maximum Gasteiger partial charge on any atom is 0.258 e. The largest absolute Gasteiger partial charge is 0.508 e. The molecule has 0 radical (unpaired) electrons. The van der Waals surface area contributed by atoms with Crippen molar-refractivity contribution < 1.29 is 19.8 Å². The van der Waals surface area contributed by atoms with Gasteiger partial charge in [-0.25, -0.2) is 0 Å². The maximum atomic E-state index is 13.1. The number of allylic oxidation sites excluding steroid dienone is 2. The lowest BCUT2D eigenvalue weighted by molar-refractivity contribution is -0.139. The van der Waals surface area contributed by atoms with E-state index in [2.05, 4.69) is 10.6 Å². The van der Waals surface area contributed by atoms with Gasteiger partial charge in [-0.1, -0.05) is 42.0 Å². The second kappa shape index (κ2) is 6.61. The summed E-state index contributed by atoms with van der Waals surface area (Å²) in [7, 11) is 0. The van der Waals surface area contributed by atoms with Crippen molar-refractivity contribution in [3.63, 3.8) is 0 Å². The number of phenolic OH excluding ortho intramolecular Hbond substituents is 1. The number of carbonyl (C=O) groups is 2. The van der Waals surface area contributed by atoms with Gasteiger partial charge >= 0.3 is 0 Å². The van der Waals surface area contributed by atoms with Gasteiger partial charge in [0.1, 0.15) is 5.75 Å². The molecule has 4 unspecified atom stereocenters. The fourth-order valence-corrected chi connectivity index (χ4v) is 5.99. The molecule has 2 aliphatic heterocycles. The Morgan fingerprint density at radius 2 is 2.04 bits per heavy atom. The van der Waals surface area contributed by atoms with E-state index in [0.29, 0.717) is 12.0 Å². The lowest BCUT2D eigenvalue weighted by atomic mass is 9.93. The van der Waals surface area contributed by atoms with E-state index in [9.17, 15) is 19.8 Å². The molecule has 8 heteroatoms. The van der Waals surface area contributed by atoms with Crippen molar-refractivity contribution in [3.05, 3.63) is 53.6 Å². The topological polar surface area (TPSA) is 98.7 Å². The van der Waals surface area contributed by atoms with Gasteiger partial charge in [0.2, 0.25) is 0 Å². The predicted molar refractivity (Wildman–Crippen MR) is 106 cm³/mol. The summed E-state index contributed by atoms with van der Waals surface area (Å²) < 4.78 is 0. The minimum atomic E-state index is -1.19. The normalized spacial score (nSPS) is 34.8. The number of para-hydroxylation sites is 1. The van der Waals surface area contributed by atoms with Crippen LogP contribution in [-0.4, -0.2) is 49.4 Å². The number of fused-ring (bicyclic) bond motifs is 1. The monoisotopic (exact) mass is 404 g/mol. The van der Waals surface area contributed by atoms with E-state index in [0.717, 1.165) is 5.57 Å². The van der Waals surface area contributed by atoms with Gasteiger partial charge < -0.3 is 20.8 Å². The molecule has 2 heterocycles. The summed E-state index contributed by atoms with van der Waals surface area (Å²) in [5.41, 5.74) is 1.54. The summed E-state index contributed by atoms with van der Waals surface area (Å²) in [6, 6.07) is 6.79. The van der Waals surface area contributed by atoms with Crippen LogP contribution in [0.3, 0.4) is 0 Å². The van der Waals surface area contributed by atoms with E-state index in [1.165, 1.54) is 23.5 Å². The molecule has 1 aliphatic carbocycles. The number of nitrogens with one attached hydrogen (secondary N) is 2. The Morgan fingerprint density at radius 1 is 1.26 bits per heavy atom. The number of carbonyl (C=O) groups excluding carboxylic acids is 2. The van der Waals surface area contributed by atoms with Crippen molar-refractivity contribution >= 4 is 35.3 Å². The first kappa shape index (κ1) is 18.5. The molecule has 27 heavy (non-hydrogen) atoms. The minimum absolute atomic E-state index is 0.0915. The Hall–Kier alpha value is -1.90. The van der Waals surface area contributed by atoms with E-state index in [4.69, 9.17) is 0 Å². The van der Waals surface area contributed by atoms with E-state index >= 15 is 0 Å². The van der Waals surface area contributed by atoms with Crippen molar-refractivity contribution in [3.8, 4) is 5.75 Å². The average Bonchev–Trinajstić information content (AvgIpc) is 3.02. The zero-order valence-corrected chi connectivity index (χ0v) is 16.3. The smallest absolute Gasteiger partial charge is 0.258 e. The highest BCUT2D eigenvalue weighted by molar-refractivity contribution is 8.02. The van der Waals surface area contributed by atoms with Crippen molar-refractivity contribution in [1.82, 2.24) is 10.6 Å². The molecular formula is C19H20N2O4S2. The van der Waals surface area contributed by atoms with Gasteiger partial charge in [0.15, 0.2) is 9.74 Å². The molecule has 1 aromatic carbocycles. The van der Waals surface area contributed by atoms with Crippen LogP contribution in [0.4, 0.5) is 0 Å². The molecule has 0 bridgehead atoms. The summed E-state index contributed by atoms with van der Waals surface area (Å²) in [6.45, 7) is 0. The number of aliphatic hydroxyl groups is 1. The standard InChI is InChI=1S/C19H20N2O4S2/c1-26-18(9-11-5-2-3-7-13(11)22)16(24)21-19(17(25)20-18)10-12-6-4-8-14(23)15(12)27-19/h2-8,14-15,22-23H,9-10H2,1H3,(H,20,25)(H,21,24). The fraction of sp³-hybridized carbons (Fsp3) is 0.368. The Kier molecular flexibility index (Phi) is 4.52. The van der Waals surface area contributed by atoms with Crippen molar-refractivity contribution in [2.24, 2.45) is 0 Å². The van der Waals surface area contributed by atoms with Crippen molar-refractivity contribution in [2.45, 2.75) is 33.9 Å². The summed E-state index contributed by atoms with van der Waals surface area (Å²) in [5.74, 6) is -0.486. The van der Waals surface area contributed by atoms with Crippen molar-refractivity contribution in [1.29, 1.82) is 0 Å². The SMILES string of the molecule is CSC1(Cc2ccccc2O)NC(=O)C2(CC3=CC=CC(O)C3S2)NC1=O. The third-order valence-electron chi connectivity index (χ3n) is 5.22. The lowest BCUT2D eigenvalue weighted by Gasteiger charge is -2.43. The van der Waals surface area contributed by atoms with Crippen LogP contribution in [0.2, 0.25) is 0 Å². The second-order valence-corrected chi connectivity index (χ2v) is 9.45. The Bertz CT molecular complexity index is 871. The molecule has 3 aliphatic rings. The van der Waals surface area contributed by atoms with Gasteiger partial charge in [0.25, 0.3) is 11.8 Å². The molecule has 4 atom stereocenters. The molecule has 2 saturated heterocycles. The summed E-state index contributed by atoms with van der Waals surface area (Å²) in [5, 5.41) is 25.9. The van der Waals surface area contributed by atoms with Gasteiger partial charge in [-0.2, -0.15) is 0 Å². The van der Waals surface area contributed by atoms with Crippen LogP contribution in [0.1, 0.15) is 12.0 Å². The van der Waals surface area contributed by atoms with E-state index in [-0.39, 0.29) is 29.2 Å². The number of thioether (sulfide) groups is 2. The zero-order chi connectivity index (χ0) is 19.2. The molecule has 4 rings (SSSR count). The quantitative estimate of drug-likeness (QED) is 0.606. The summed E-state index contributed by atoms with van der Waals surface area (Å²) in [6.07, 6.45) is 6.99. The number of amides is 2. The number of benzene rings is 1. The van der Waals surface area contributed by atoms with E-state index in [1.54, 1.807) is 42.7 Å². The lowest BCUT2D eigenvalue weighted by Crippen LogP contribution is -2.72. The van der Waals surface area contributed by atoms with Crippen LogP contribution in [0.15, 0.2) is 48.1 Å². The van der Waals surface area contributed by atoms with Crippen LogP contribution in [-0.2, 0) is 16.0 Å². The summed E-state index contributed by atoms with van der Waals surface area (Å²) in [4.78, 5) is 23.9. The third-order valence-corrected chi connectivity index (χ3v) is 8.02. The van der Waals surface area contributed by atoms with E-state index < -0.39 is 15.8 Å². The van der Waals surface area contributed by atoms with Crippen LogP contribution < -0.4 is 10.6 Å². The Balaban J connectivity index is 1.61. The molecule has 0 saturated carbocycles. The first-order valence-corrected chi connectivity index (χ1v) is 10.7. The average molecular weight is 405 g/mol. The highest BCUT2D eigenvalue weighted by Crippen LogP contribution is 2.50. The number of rotatable bonds is 3. The highest BCUT2D eigenvalue weighted by atomic mass is 32.2. The van der Waals surface area contributed by atoms with Gasteiger partial charge in [-0.15, -0.1) is 23.5 Å². The van der Waals surface area contributed by atoms with Crippen LogP contribution >= 0.6 is 23.5 Å². The van der Waals surface area contributed by atoms with Crippen molar-refractivity contribution in [2.75, 3.05) is 6.26 Å². The zero-order valence-electron chi connectivity index (χ0n) is 14.6. The molecule has 4 N–H and O–H groups in total. The Morgan fingerprint density at radius 3 is 2.74 bits per heavy atom. The molecule has 6 nitrogen and oxygen atoms in total. The Labute approximate surface area is 165 Å². The van der Waals surface area contributed by atoms with Gasteiger partial charge in [0, 0.05) is 12.8 Å². The number of phenols is 1. The molecule has 142 valence electrons. The molecular weight excluding hydrogens is 384 g/mol. The van der Waals surface area contributed by atoms with Crippen LogP contribution in [0.5, 0.6) is 5.75 Å². The van der Waals surface area contributed by atoms with E-state index in [1.807, 2.05) is 6.08 Å². The number of aliphatic hydroxyl groups excluding tert-OH is 1. The number of piperazine rings is 1. The van der Waals surface area contributed by atoms with Gasteiger partial charge in [-0.05, 0) is 17.9 Å². The number of hydrogen-bond donors (Lipinski definition) is 4. The highest BCUT2D eigenvalue weighted by Gasteiger charge is 2.59. The van der Waals surface area contributed by atoms with Gasteiger partial charge in [0.05, 0.1) is 11.4 Å². The molecule has 1 spiro atoms. The second-order valence-electron chi connectivity index (χ2n) is 6.90. The molecule has 2 amide bonds. The third kappa shape index (κ3) is 2.96. The fourth-order valence-electron chi connectivity index (χ4n) is 3.72. The minimum Gasteiger partial charge on any atom is -0.508 e. The first-order chi connectivity index (χ1) is 12.9. The molecule has 1 aromatic rings.